The van der Waals surface area contributed by atoms with Crippen molar-refractivity contribution in [3.8, 4) is 17.0 Å². The maximum atomic E-state index is 12.2. The molecule has 1 aromatic heterocycles. The number of rotatable bonds is 3. The van der Waals surface area contributed by atoms with Crippen LogP contribution in [0, 0.1) is 12.8 Å². The Kier molecular flexibility index (Phi) is 4.55. The Bertz CT molecular complexity index is 971. The molecule has 1 spiro atoms. The number of piperidine rings is 3. The zero-order chi connectivity index (χ0) is 20.7. The third-order valence-corrected chi connectivity index (χ3v) is 5.96. The molecule has 5 heterocycles. The first-order valence-electron chi connectivity index (χ1n) is 10.1. The molecule has 0 amide bonds. The fourth-order valence-electron chi connectivity index (χ4n) is 4.41. The first kappa shape index (κ1) is 18.8. The average molecular weight is 406 g/mol. The van der Waals surface area contributed by atoms with Crippen molar-refractivity contribution < 1.29 is 23.8 Å². The summed E-state index contributed by atoms with van der Waals surface area (Å²) in [7, 11) is 0. The third-order valence-electron chi connectivity index (χ3n) is 5.96. The summed E-state index contributed by atoms with van der Waals surface area (Å²) in [5, 5.41) is 0. The minimum Gasteiger partial charge on any atom is -0.479 e. The molecule has 0 aliphatic carbocycles. The number of ether oxygens (including phenoxy) is 3. The van der Waals surface area contributed by atoms with Gasteiger partial charge >= 0.3 is 17.8 Å². The monoisotopic (exact) mass is 406 g/mol. The highest BCUT2D eigenvalue weighted by Crippen LogP contribution is 2.44. The van der Waals surface area contributed by atoms with E-state index in [1.54, 1.807) is 6.20 Å². The predicted molar refractivity (Wildman–Crippen MR) is 107 cm³/mol. The summed E-state index contributed by atoms with van der Waals surface area (Å²) >= 11 is 0. The van der Waals surface area contributed by atoms with Crippen LogP contribution in [0.3, 0.4) is 0 Å². The minimum absolute atomic E-state index is 0.102. The topological polar surface area (TPSA) is 78.0 Å². The molecule has 30 heavy (non-hydrogen) atoms. The van der Waals surface area contributed by atoms with Gasteiger partial charge in [0.1, 0.15) is 5.75 Å². The number of nitrogens with zero attached hydrogens (tertiary/aromatic N) is 2. The van der Waals surface area contributed by atoms with E-state index < -0.39 is 24.0 Å². The molecule has 1 aromatic carbocycles. The molecule has 7 nitrogen and oxygen atoms in total. The molecule has 3 saturated heterocycles. The van der Waals surface area contributed by atoms with Crippen molar-refractivity contribution in [2.45, 2.75) is 31.8 Å². The Morgan fingerprint density at radius 2 is 1.67 bits per heavy atom. The number of pyridine rings is 1. The van der Waals surface area contributed by atoms with Gasteiger partial charge in [-0.3, -0.25) is 4.98 Å². The highest BCUT2D eigenvalue weighted by Gasteiger charge is 2.62. The molecule has 1 atom stereocenters. The van der Waals surface area contributed by atoms with Gasteiger partial charge in [-0.2, -0.15) is 0 Å². The lowest BCUT2D eigenvalue weighted by Gasteiger charge is -2.54. The van der Waals surface area contributed by atoms with Crippen LogP contribution >= 0.6 is 0 Å². The highest BCUT2D eigenvalue weighted by molar-refractivity contribution is 5.93. The van der Waals surface area contributed by atoms with Gasteiger partial charge in [0.05, 0.1) is 11.9 Å². The largest absolute Gasteiger partial charge is 0.479 e. The lowest BCUT2D eigenvalue weighted by molar-refractivity contribution is -0.348. The number of hydrogen-bond donors (Lipinski definition) is 0. The summed E-state index contributed by atoms with van der Waals surface area (Å²) in [4.78, 5) is 30.7. The molecule has 2 bridgehead atoms. The van der Waals surface area contributed by atoms with Crippen LogP contribution in [0.2, 0.25) is 0 Å². The van der Waals surface area contributed by atoms with Crippen molar-refractivity contribution in [2.75, 3.05) is 13.1 Å². The lowest BCUT2D eigenvalue weighted by atomic mass is 9.82. The van der Waals surface area contributed by atoms with Crippen molar-refractivity contribution in [2.24, 2.45) is 5.92 Å². The Morgan fingerprint density at radius 1 is 1.00 bits per heavy atom. The number of esters is 2. The Balaban J connectivity index is 1.43. The standard InChI is InChI=1S/C23H22N2O5/c1-15-2-4-16(5-3-15)19-7-6-18(14-24-19)28-22-17-10-12-25(13-11-17)23(22)29-20(26)8-9-21(27)30-23/h2-9,14,17,22H,10-13H2,1H3/t22-/m1/s1. The van der Waals surface area contributed by atoms with Gasteiger partial charge in [-0.05, 0) is 31.9 Å². The molecule has 4 aliphatic heterocycles. The molecule has 6 rings (SSSR count). The van der Waals surface area contributed by atoms with Crippen molar-refractivity contribution in [3.63, 3.8) is 0 Å². The van der Waals surface area contributed by atoms with Crippen LogP contribution in [0.25, 0.3) is 11.3 Å². The van der Waals surface area contributed by atoms with Gasteiger partial charge < -0.3 is 14.2 Å². The van der Waals surface area contributed by atoms with E-state index in [9.17, 15) is 9.59 Å². The first-order chi connectivity index (χ1) is 14.5. The summed E-state index contributed by atoms with van der Waals surface area (Å²) in [5.41, 5.74) is 3.04. The van der Waals surface area contributed by atoms with Gasteiger partial charge in [0, 0.05) is 36.7 Å². The molecule has 0 unspecified atom stereocenters. The molecule has 7 heteroatoms. The molecule has 0 radical (unpaired) electrons. The van der Waals surface area contributed by atoms with E-state index in [2.05, 4.69) is 4.98 Å². The number of aryl methyl sites for hydroxylation is 1. The van der Waals surface area contributed by atoms with Crippen LogP contribution in [0.15, 0.2) is 54.7 Å². The van der Waals surface area contributed by atoms with Crippen LogP contribution in [0.4, 0.5) is 0 Å². The molecule has 0 N–H and O–H groups in total. The number of benzene rings is 1. The summed E-state index contributed by atoms with van der Waals surface area (Å²) in [6.45, 7) is 3.39. The minimum atomic E-state index is -1.55. The Labute approximate surface area is 174 Å². The van der Waals surface area contributed by atoms with Gasteiger partial charge in [-0.25, -0.2) is 14.5 Å². The average Bonchev–Trinajstić information content (AvgIpc) is 2.91. The van der Waals surface area contributed by atoms with E-state index in [-0.39, 0.29) is 5.92 Å². The van der Waals surface area contributed by atoms with Crippen molar-refractivity contribution in [3.05, 3.63) is 60.3 Å². The normalized spacial score (nSPS) is 26.8. The Morgan fingerprint density at radius 3 is 2.27 bits per heavy atom. The molecule has 4 aliphatic rings. The third kappa shape index (κ3) is 3.25. The number of hydrogen-bond acceptors (Lipinski definition) is 7. The molecular weight excluding hydrogens is 384 g/mol. The van der Waals surface area contributed by atoms with Gasteiger partial charge in [-0.15, -0.1) is 0 Å². The second kappa shape index (κ2) is 7.25. The van der Waals surface area contributed by atoms with E-state index in [4.69, 9.17) is 14.2 Å². The van der Waals surface area contributed by atoms with Crippen LogP contribution in [-0.4, -0.2) is 46.9 Å². The van der Waals surface area contributed by atoms with Crippen LogP contribution < -0.4 is 4.74 Å². The molecular formula is C23H22N2O5. The quantitative estimate of drug-likeness (QED) is 0.726. The summed E-state index contributed by atoms with van der Waals surface area (Å²) < 4.78 is 17.5. The van der Waals surface area contributed by atoms with Gasteiger partial charge in [-0.1, -0.05) is 29.8 Å². The molecule has 154 valence electrons. The highest BCUT2D eigenvalue weighted by atomic mass is 16.8. The fourth-order valence-corrected chi connectivity index (χ4v) is 4.41. The van der Waals surface area contributed by atoms with E-state index in [1.807, 2.05) is 48.2 Å². The van der Waals surface area contributed by atoms with Gasteiger partial charge in [0.2, 0.25) is 0 Å². The smallest absolute Gasteiger partial charge is 0.359 e. The number of carbonyl (C=O) groups is 2. The van der Waals surface area contributed by atoms with E-state index in [0.29, 0.717) is 18.8 Å². The van der Waals surface area contributed by atoms with Crippen molar-refractivity contribution in [1.82, 2.24) is 9.88 Å². The van der Waals surface area contributed by atoms with Crippen LogP contribution in [0.5, 0.6) is 5.75 Å². The molecule has 2 aromatic rings. The van der Waals surface area contributed by atoms with Gasteiger partial charge in [0.25, 0.3) is 0 Å². The van der Waals surface area contributed by atoms with Crippen LogP contribution in [-0.2, 0) is 19.1 Å². The second-order valence-corrected chi connectivity index (χ2v) is 7.91. The second-order valence-electron chi connectivity index (χ2n) is 7.91. The van der Waals surface area contributed by atoms with Crippen LogP contribution in [0.1, 0.15) is 18.4 Å². The summed E-state index contributed by atoms with van der Waals surface area (Å²) in [6, 6.07) is 11.9. The number of aromatic nitrogens is 1. The van der Waals surface area contributed by atoms with Gasteiger partial charge in [0.15, 0.2) is 6.10 Å². The Hall–Kier alpha value is -3.19. The van der Waals surface area contributed by atoms with Crippen molar-refractivity contribution in [1.29, 1.82) is 0 Å². The van der Waals surface area contributed by atoms with E-state index in [0.717, 1.165) is 36.3 Å². The predicted octanol–water partition coefficient (Wildman–Crippen LogP) is 2.84. The SMILES string of the molecule is Cc1ccc(-c2ccc(O[C@@H]3C4CCN(CC4)C34OC(=O)C=CC(=O)O4)cn2)cc1. The number of fused-ring (bicyclic) bond motifs is 2. The molecule has 0 saturated carbocycles. The summed E-state index contributed by atoms with van der Waals surface area (Å²) in [5.74, 6) is -2.14. The van der Waals surface area contributed by atoms with E-state index >= 15 is 0 Å². The fraction of sp³-hybridized carbons (Fsp3) is 0.348. The van der Waals surface area contributed by atoms with E-state index in [1.165, 1.54) is 5.56 Å². The zero-order valence-corrected chi connectivity index (χ0v) is 16.6. The zero-order valence-electron chi connectivity index (χ0n) is 16.6. The first-order valence-corrected chi connectivity index (χ1v) is 10.1. The molecule has 3 fully saturated rings. The maximum absolute atomic E-state index is 12.2. The van der Waals surface area contributed by atoms with Crippen molar-refractivity contribution >= 4 is 11.9 Å². The lowest BCUT2D eigenvalue weighted by Crippen LogP contribution is -2.71. The number of carbonyl (C=O) groups excluding carboxylic acids is 2. The summed E-state index contributed by atoms with van der Waals surface area (Å²) in [6.07, 6.45) is 4.97. The maximum Gasteiger partial charge on any atom is 0.359 e.